The van der Waals surface area contributed by atoms with E-state index in [9.17, 15) is 9.59 Å². The molecule has 0 heterocycles. The number of rotatable bonds is 4. The number of nitrogens with one attached hydrogen (secondary N) is 1. The van der Waals surface area contributed by atoms with Gasteiger partial charge in [-0.1, -0.05) is 12.1 Å². The average Bonchev–Trinajstić information content (AvgIpc) is 2.45. The monoisotopic (exact) mass is 274 g/mol. The summed E-state index contributed by atoms with van der Waals surface area (Å²) in [5.41, 5.74) is 0.449. The van der Waals surface area contributed by atoms with Gasteiger partial charge in [-0.3, -0.25) is 10.1 Å². The summed E-state index contributed by atoms with van der Waals surface area (Å²) < 4.78 is 9.56. The lowest BCUT2D eigenvalue weighted by atomic mass is 10.1. The normalized spacial score (nSPS) is 10.3. The third-order valence-electron chi connectivity index (χ3n) is 2.28. The quantitative estimate of drug-likeness (QED) is 0.669. The number of benzene rings is 1. The molecule has 1 aromatic rings. The molecular formula is C14H14N2O4. The minimum atomic E-state index is -0.881. The van der Waals surface area contributed by atoms with Crippen LogP contribution in [-0.4, -0.2) is 25.7 Å². The molecule has 0 aliphatic carbocycles. The SMILES string of the molecule is CCOC(=O)NC(=O)/C(C#N)=C/c1ccc(OC)cc1. The van der Waals surface area contributed by atoms with Crippen LogP contribution in [0.4, 0.5) is 4.79 Å². The van der Waals surface area contributed by atoms with Gasteiger partial charge in [-0.25, -0.2) is 4.79 Å². The third kappa shape index (κ3) is 4.46. The van der Waals surface area contributed by atoms with E-state index in [0.717, 1.165) is 0 Å². The highest BCUT2D eigenvalue weighted by Crippen LogP contribution is 2.13. The smallest absolute Gasteiger partial charge is 0.414 e. The highest BCUT2D eigenvalue weighted by molar-refractivity contribution is 6.07. The summed E-state index contributed by atoms with van der Waals surface area (Å²) in [5.74, 6) is -0.140. The summed E-state index contributed by atoms with van der Waals surface area (Å²) in [4.78, 5) is 22.8. The number of hydrogen-bond donors (Lipinski definition) is 1. The molecule has 1 aromatic carbocycles. The lowest BCUT2D eigenvalue weighted by Crippen LogP contribution is -2.31. The summed E-state index contributed by atoms with van der Waals surface area (Å²) >= 11 is 0. The van der Waals surface area contributed by atoms with Crippen molar-refractivity contribution in [2.45, 2.75) is 6.92 Å². The molecule has 0 bridgehead atoms. The van der Waals surface area contributed by atoms with Gasteiger partial charge in [0.25, 0.3) is 5.91 Å². The van der Waals surface area contributed by atoms with E-state index in [4.69, 9.17) is 10.00 Å². The lowest BCUT2D eigenvalue weighted by Gasteiger charge is -2.03. The van der Waals surface area contributed by atoms with E-state index in [1.54, 1.807) is 44.4 Å². The van der Waals surface area contributed by atoms with Crippen molar-refractivity contribution in [1.29, 1.82) is 5.26 Å². The molecule has 0 fully saturated rings. The summed E-state index contributed by atoms with van der Waals surface area (Å²) in [6.45, 7) is 1.76. The lowest BCUT2D eigenvalue weighted by molar-refractivity contribution is -0.116. The predicted octanol–water partition coefficient (Wildman–Crippen LogP) is 1.87. The molecule has 0 aliphatic rings. The number of imide groups is 1. The standard InChI is InChI=1S/C14H14N2O4/c1-3-20-14(18)16-13(17)11(9-15)8-10-4-6-12(19-2)7-5-10/h4-8H,3H2,1-2H3,(H,16,17,18)/b11-8+. The molecule has 0 radical (unpaired) electrons. The first-order chi connectivity index (χ1) is 9.60. The molecule has 0 unspecified atom stereocenters. The van der Waals surface area contributed by atoms with Crippen LogP contribution in [-0.2, 0) is 9.53 Å². The second-order valence-corrected chi connectivity index (χ2v) is 3.62. The first-order valence-corrected chi connectivity index (χ1v) is 5.84. The molecule has 104 valence electrons. The van der Waals surface area contributed by atoms with Crippen LogP contribution in [0.5, 0.6) is 5.75 Å². The fraction of sp³-hybridized carbons (Fsp3) is 0.214. The van der Waals surface area contributed by atoms with Gasteiger partial charge >= 0.3 is 6.09 Å². The number of carbonyl (C=O) groups is 2. The minimum Gasteiger partial charge on any atom is -0.497 e. The highest BCUT2D eigenvalue weighted by Gasteiger charge is 2.13. The van der Waals surface area contributed by atoms with Crippen LogP contribution in [0.15, 0.2) is 29.8 Å². The minimum absolute atomic E-state index is 0.142. The number of nitrogens with zero attached hydrogens (tertiary/aromatic N) is 1. The zero-order valence-corrected chi connectivity index (χ0v) is 11.2. The van der Waals surface area contributed by atoms with Crippen molar-refractivity contribution >= 4 is 18.1 Å². The van der Waals surface area contributed by atoms with Crippen LogP contribution in [0.2, 0.25) is 0 Å². The van der Waals surface area contributed by atoms with Crippen LogP contribution >= 0.6 is 0 Å². The number of carbonyl (C=O) groups excluding carboxylic acids is 2. The van der Waals surface area contributed by atoms with E-state index >= 15 is 0 Å². The summed E-state index contributed by atoms with van der Waals surface area (Å²) in [7, 11) is 1.54. The Labute approximate surface area is 116 Å². The first-order valence-electron chi connectivity index (χ1n) is 5.84. The van der Waals surface area contributed by atoms with Gasteiger partial charge in [-0.05, 0) is 30.7 Å². The van der Waals surface area contributed by atoms with E-state index in [2.05, 4.69) is 4.74 Å². The number of hydrogen-bond acceptors (Lipinski definition) is 5. The Balaban J connectivity index is 2.83. The molecule has 0 atom stereocenters. The molecular weight excluding hydrogens is 260 g/mol. The van der Waals surface area contributed by atoms with Crippen LogP contribution in [0.3, 0.4) is 0 Å². The van der Waals surface area contributed by atoms with E-state index < -0.39 is 12.0 Å². The molecule has 6 heteroatoms. The molecule has 0 saturated carbocycles. The van der Waals surface area contributed by atoms with E-state index in [-0.39, 0.29) is 12.2 Å². The zero-order valence-electron chi connectivity index (χ0n) is 11.2. The molecule has 0 spiro atoms. The maximum absolute atomic E-state index is 11.7. The number of amides is 2. The van der Waals surface area contributed by atoms with Crippen molar-refractivity contribution in [3.8, 4) is 11.8 Å². The van der Waals surface area contributed by atoms with E-state index in [0.29, 0.717) is 11.3 Å². The van der Waals surface area contributed by atoms with Crippen molar-refractivity contribution in [2.75, 3.05) is 13.7 Å². The van der Waals surface area contributed by atoms with Crippen LogP contribution in [0.1, 0.15) is 12.5 Å². The molecule has 20 heavy (non-hydrogen) atoms. The Bertz CT molecular complexity index is 556. The topological polar surface area (TPSA) is 88.4 Å². The van der Waals surface area contributed by atoms with Gasteiger partial charge in [-0.15, -0.1) is 0 Å². The fourth-order valence-corrected chi connectivity index (χ4v) is 1.34. The Kier molecular flexibility index (Phi) is 5.78. The van der Waals surface area contributed by atoms with Gasteiger partial charge < -0.3 is 9.47 Å². The summed E-state index contributed by atoms with van der Waals surface area (Å²) in [5, 5.41) is 10.9. The van der Waals surface area contributed by atoms with Crippen molar-refractivity contribution in [2.24, 2.45) is 0 Å². The average molecular weight is 274 g/mol. The van der Waals surface area contributed by atoms with Crippen LogP contribution < -0.4 is 10.1 Å². The van der Waals surface area contributed by atoms with Crippen molar-refractivity contribution in [1.82, 2.24) is 5.32 Å². The second-order valence-electron chi connectivity index (χ2n) is 3.62. The van der Waals surface area contributed by atoms with E-state index in [1.165, 1.54) is 6.08 Å². The Hall–Kier alpha value is -2.81. The molecule has 6 nitrogen and oxygen atoms in total. The molecule has 1 N–H and O–H groups in total. The van der Waals surface area contributed by atoms with Gasteiger partial charge in [0.05, 0.1) is 13.7 Å². The highest BCUT2D eigenvalue weighted by atomic mass is 16.5. The maximum Gasteiger partial charge on any atom is 0.414 e. The van der Waals surface area contributed by atoms with Crippen LogP contribution in [0, 0.1) is 11.3 Å². The first kappa shape index (κ1) is 15.2. The predicted molar refractivity (Wildman–Crippen MR) is 71.7 cm³/mol. The van der Waals surface area contributed by atoms with Crippen molar-refractivity contribution in [3.05, 3.63) is 35.4 Å². The molecule has 2 amide bonds. The second kappa shape index (κ2) is 7.59. The molecule has 0 aromatic heterocycles. The van der Waals surface area contributed by atoms with Gasteiger partial charge in [0, 0.05) is 0 Å². The van der Waals surface area contributed by atoms with Gasteiger partial charge in [0.2, 0.25) is 0 Å². The molecule has 0 saturated heterocycles. The molecule has 0 aliphatic heterocycles. The van der Waals surface area contributed by atoms with Crippen LogP contribution in [0.25, 0.3) is 6.08 Å². The number of alkyl carbamates (subject to hydrolysis) is 1. The largest absolute Gasteiger partial charge is 0.497 e. The van der Waals surface area contributed by atoms with Crippen molar-refractivity contribution < 1.29 is 19.1 Å². The number of ether oxygens (including phenoxy) is 2. The Morgan fingerprint density at radius 1 is 1.35 bits per heavy atom. The maximum atomic E-state index is 11.7. The number of nitriles is 1. The van der Waals surface area contributed by atoms with Gasteiger partial charge in [-0.2, -0.15) is 5.26 Å². The Morgan fingerprint density at radius 2 is 2.00 bits per heavy atom. The van der Waals surface area contributed by atoms with E-state index in [1.807, 2.05) is 5.32 Å². The van der Waals surface area contributed by atoms with Crippen molar-refractivity contribution in [3.63, 3.8) is 0 Å². The zero-order chi connectivity index (χ0) is 15.0. The summed E-state index contributed by atoms with van der Waals surface area (Å²) in [6, 6.07) is 8.51. The molecule has 1 rings (SSSR count). The van der Waals surface area contributed by atoms with Gasteiger partial charge in [0.15, 0.2) is 0 Å². The van der Waals surface area contributed by atoms with Gasteiger partial charge in [0.1, 0.15) is 17.4 Å². The Morgan fingerprint density at radius 3 is 2.50 bits per heavy atom. The number of methoxy groups -OCH3 is 1. The third-order valence-corrected chi connectivity index (χ3v) is 2.28. The fourth-order valence-electron chi connectivity index (χ4n) is 1.34. The summed E-state index contributed by atoms with van der Waals surface area (Å²) in [6.07, 6.45) is 0.488.